The molecule has 0 spiro atoms. The van der Waals surface area contributed by atoms with E-state index in [1.54, 1.807) is 0 Å². The first-order chi connectivity index (χ1) is 7.61. The van der Waals surface area contributed by atoms with Crippen molar-refractivity contribution < 1.29 is 4.79 Å². The van der Waals surface area contributed by atoms with Crippen LogP contribution in [-0.4, -0.2) is 36.0 Å². The van der Waals surface area contributed by atoms with Crippen LogP contribution in [0.5, 0.6) is 0 Å². The summed E-state index contributed by atoms with van der Waals surface area (Å²) in [5.41, 5.74) is 0. The number of hydrogen-bond acceptors (Lipinski definition) is 2. The van der Waals surface area contributed by atoms with Crippen molar-refractivity contribution in [3.63, 3.8) is 0 Å². The molecule has 92 valence electrons. The number of rotatable bonds is 1. The van der Waals surface area contributed by atoms with Gasteiger partial charge in [0.05, 0.1) is 0 Å². The van der Waals surface area contributed by atoms with E-state index in [0.717, 1.165) is 19.5 Å². The SMILES string of the molecule is CC1CCCC1C(=O)N1C(C)CNCC1C. The van der Waals surface area contributed by atoms with Crippen LogP contribution in [0.25, 0.3) is 0 Å². The molecule has 1 aliphatic heterocycles. The lowest BCUT2D eigenvalue weighted by Gasteiger charge is -2.41. The lowest BCUT2D eigenvalue weighted by Crippen LogP contribution is -2.58. The molecule has 1 amide bonds. The molecule has 1 aliphatic carbocycles. The Morgan fingerprint density at radius 3 is 2.25 bits per heavy atom. The second-order valence-electron chi connectivity index (χ2n) is 5.62. The molecule has 0 aromatic heterocycles. The van der Waals surface area contributed by atoms with Crippen LogP contribution in [0.1, 0.15) is 40.0 Å². The first-order valence-corrected chi connectivity index (χ1v) is 6.64. The molecule has 3 nitrogen and oxygen atoms in total. The second-order valence-corrected chi connectivity index (χ2v) is 5.62. The van der Waals surface area contributed by atoms with E-state index in [1.807, 2.05) is 0 Å². The lowest BCUT2D eigenvalue weighted by molar-refractivity contribution is -0.142. The zero-order chi connectivity index (χ0) is 11.7. The smallest absolute Gasteiger partial charge is 0.226 e. The van der Waals surface area contributed by atoms with E-state index >= 15 is 0 Å². The fourth-order valence-electron chi connectivity index (χ4n) is 3.27. The van der Waals surface area contributed by atoms with Gasteiger partial charge in [-0.1, -0.05) is 13.3 Å². The number of hydrogen-bond donors (Lipinski definition) is 1. The number of carbonyl (C=O) groups is 1. The van der Waals surface area contributed by atoms with Crippen molar-refractivity contribution in [3.8, 4) is 0 Å². The van der Waals surface area contributed by atoms with E-state index in [4.69, 9.17) is 0 Å². The molecule has 2 rings (SSSR count). The number of nitrogens with zero attached hydrogens (tertiary/aromatic N) is 1. The predicted octanol–water partition coefficient (Wildman–Crippen LogP) is 1.63. The average molecular weight is 224 g/mol. The summed E-state index contributed by atoms with van der Waals surface area (Å²) < 4.78 is 0. The molecule has 3 heteroatoms. The van der Waals surface area contributed by atoms with Crippen LogP contribution in [0.3, 0.4) is 0 Å². The molecule has 0 aromatic carbocycles. The van der Waals surface area contributed by atoms with E-state index in [1.165, 1.54) is 12.8 Å². The maximum absolute atomic E-state index is 12.5. The lowest BCUT2D eigenvalue weighted by atomic mass is 9.94. The molecule has 2 fully saturated rings. The fourth-order valence-corrected chi connectivity index (χ4v) is 3.27. The summed E-state index contributed by atoms with van der Waals surface area (Å²) in [5.74, 6) is 1.29. The van der Waals surface area contributed by atoms with Crippen LogP contribution < -0.4 is 5.32 Å². The molecule has 2 aliphatic rings. The third kappa shape index (κ3) is 2.10. The minimum Gasteiger partial charge on any atom is -0.334 e. The summed E-state index contributed by atoms with van der Waals surface area (Å²) in [6.45, 7) is 8.42. The highest BCUT2D eigenvalue weighted by atomic mass is 16.2. The Hall–Kier alpha value is -0.570. The summed E-state index contributed by atoms with van der Waals surface area (Å²) in [6.07, 6.45) is 3.56. The molecule has 0 bridgehead atoms. The highest BCUT2D eigenvalue weighted by molar-refractivity contribution is 5.80. The topological polar surface area (TPSA) is 32.3 Å². The summed E-state index contributed by atoms with van der Waals surface area (Å²) in [6, 6.07) is 0.702. The van der Waals surface area contributed by atoms with E-state index in [2.05, 4.69) is 31.0 Å². The van der Waals surface area contributed by atoms with Crippen molar-refractivity contribution in [2.24, 2.45) is 11.8 Å². The highest BCUT2D eigenvalue weighted by Gasteiger charge is 2.37. The molecular weight excluding hydrogens is 200 g/mol. The first-order valence-electron chi connectivity index (χ1n) is 6.64. The van der Waals surface area contributed by atoms with Gasteiger partial charge in [0.2, 0.25) is 5.91 Å². The maximum Gasteiger partial charge on any atom is 0.226 e. The monoisotopic (exact) mass is 224 g/mol. The standard InChI is InChI=1S/C13H24N2O/c1-9-5-4-6-12(9)13(16)15-10(2)7-14-8-11(15)3/h9-12,14H,4-8H2,1-3H3. The van der Waals surface area contributed by atoms with Crippen LogP contribution in [0.4, 0.5) is 0 Å². The molecule has 1 saturated heterocycles. The molecule has 1 N–H and O–H groups in total. The third-order valence-corrected chi connectivity index (χ3v) is 4.26. The van der Waals surface area contributed by atoms with Gasteiger partial charge in [-0.2, -0.15) is 0 Å². The Bertz CT molecular complexity index is 257. The normalized spacial score (nSPS) is 40.1. The second kappa shape index (κ2) is 4.74. The molecule has 0 aromatic rings. The van der Waals surface area contributed by atoms with Crippen molar-refractivity contribution >= 4 is 5.91 Å². The summed E-state index contributed by atoms with van der Waals surface area (Å²) >= 11 is 0. The van der Waals surface area contributed by atoms with Gasteiger partial charge < -0.3 is 10.2 Å². The Morgan fingerprint density at radius 1 is 1.12 bits per heavy atom. The zero-order valence-electron chi connectivity index (χ0n) is 10.7. The van der Waals surface area contributed by atoms with Crippen LogP contribution in [0.2, 0.25) is 0 Å². The van der Waals surface area contributed by atoms with E-state index < -0.39 is 0 Å². The molecule has 4 unspecified atom stereocenters. The molecule has 16 heavy (non-hydrogen) atoms. The number of piperazine rings is 1. The van der Waals surface area contributed by atoms with Crippen LogP contribution in [0.15, 0.2) is 0 Å². The quantitative estimate of drug-likeness (QED) is 0.734. The van der Waals surface area contributed by atoms with Crippen LogP contribution >= 0.6 is 0 Å². The Kier molecular flexibility index (Phi) is 3.53. The Morgan fingerprint density at radius 2 is 1.75 bits per heavy atom. The zero-order valence-corrected chi connectivity index (χ0v) is 10.7. The van der Waals surface area contributed by atoms with Crippen molar-refractivity contribution in [1.29, 1.82) is 0 Å². The largest absolute Gasteiger partial charge is 0.334 e. The van der Waals surface area contributed by atoms with E-state index in [9.17, 15) is 4.79 Å². The van der Waals surface area contributed by atoms with Gasteiger partial charge in [-0.3, -0.25) is 4.79 Å². The number of amides is 1. The van der Waals surface area contributed by atoms with Gasteiger partial charge in [-0.15, -0.1) is 0 Å². The van der Waals surface area contributed by atoms with Gasteiger partial charge in [-0.05, 0) is 32.6 Å². The van der Waals surface area contributed by atoms with E-state index in [0.29, 0.717) is 29.8 Å². The van der Waals surface area contributed by atoms with Crippen molar-refractivity contribution in [2.45, 2.75) is 52.1 Å². The average Bonchev–Trinajstić information content (AvgIpc) is 2.64. The fraction of sp³-hybridized carbons (Fsp3) is 0.923. The van der Waals surface area contributed by atoms with Crippen LogP contribution in [0, 0.1) is 11.8 Å². The molecule has 1 saturated carbocycles. The Balaban J connectivity index is 2.07. The summed E-state index contributed by atoms with van der Waals surface area (Å²) in [4.78, 5) is 14.7. The minimum absolute atomic E-state index is 0.294. The van der Waals surface area contributed by atoms with Gasteiger partial charge in [0, 0.05) is 31.1 Å². The van der Waals surface area contributed by atoms with E-state index in [-0.39, 0.29) is 0 Å². The Labute approximate surface area is 98.6 Å². The van der Waals surface area contributed by atoms with Crippen molar-refractivity contribution in [1.82, 2.24) is 10.2 Å². The molecule has 1 heterocycles. The predicted molar refractivity (Wildman–Crippen MR) is 65.1 cm³/mol. The van der Waals surface area contributed by atoms with Crippen molar-refractivity contribution in [3.05, 3.63) is 0 Å². The number of carbonyl (C=O) groups excluding carboxylic acids is 1. The van der Waals surface area contributed by atoms with Crippen molar-refractivity contribution in [2.75, 3.05) is 13.1 Å². The van der Waals surface area contributed by atoms with Gasteiger partial charge in [-0.25, -0.2) is 0 Å². The van der Waals surface area contributed by atoms with Gasteiger partial charge in [0.25, 0.3) is 0 Å². The minimum atomic E-state index is 0.294. The number of nitrogens with one attached hydrogen (secondary N) is 1. The van der Waals surface area contributed by atoms with Crippen LogP contribution in [-0.2, 0) is 4.79 Å². The maximum atomic E-state index is 12.5. The summed E-state index contributed by atoms with van der Waals surface area (Å²) in [7, 11) is 0. The van der Waals surface area contributed by atoms with Gasteiger partial charge >= 0.3 is 0 Å². The first kappa shape index (κ1) is 11.9. The van der Waals surface area contributed by atoms with Gasteiger partial charge in [0.1, 0.15) is 0 Å². The summed E-state index contributed by atoms with van der Waals surface area (Å²) in [5, 5.41) is 3.38. The van der Waals surface area contributed by atoms with Gasteiger partial charge in [0.15, 0.2) is 0 Å². The highest BCUT2D eigenvalue weighted by Crippen LogP contribution is 2.33. The third-order valence-electron chi connectivity index (χ3n) is 4.26. The molecule has 0 radical (unpaired) electrons. The molecule has 4 atom stereocenters. The molecular formula is C13H24N2O.